The van der Waals surface area contributed by atoms with E-state index >= 15 is 0 Å². The molecule has 0 saturated carbocycles. The van der Waals surface area contributed by atoms with Gasteiger partial charge in [0.05, 0.1) is 16.4 Å². The standard InChI is InChI=1S/C21H28N2O5S/c1-20(2,3)28-18(24)8-6-14-23-19(25)21(4,5)16-9-11-17(12-10-16)29(26,27)15-7-13-22/h7,9-12,15H,6,8,14H2,1-5H3,(H,23,25)/b15-7+. The molecular formula is C21H28N2O5S. The summed E-state index contributed by atoms with van der Waals surface area (Å²) in [6, 6.07) is 7.61. The number of ether oxygens (including phenoxy) is 1. The van der Waals surface area contributed by atoms with E-state index in [0.29, 0.717) is 18.5 Å². The molecule has 0 aliphatic rings. The molecule has 0 atom stereocenters. The van der Waals surface area contributed by atoms with Gasteiger partial charge in [-0.3, -0.25) is 9.59 Å². The summed E-state index contributed by atoms with van der Waals surface area (Å²) in [6.45, 7) is 9.18. The van der Waals surface area contributed by atoms with Crippen LogP contribution in [-0.4, -0.2) is 32.4 Å². The number of benzene rings is 1. The Morgan fingerprint density at radius 1 is 1.14 bits per heavy atom. The quantitative estimate of drug-likeness (QED) is 0.393. The Hall–Kier alpha value is -2.66. The molecule has 1 amide bonds. The van der Waals surface area contributed by atoms with Crippen LogP contribution in [0.4, 0.5) is 0 Å². The highest BCUT2D eigenvalue weighted by Gasteiger charge is 2.29. The molecule has 0 heterocycles. The maximum Gasteiger partial charge on any atom is 0.306 e. The van der Waals surface area contributed by atoms with Crippen LogP contribution in [0, 0.1) is 11.3 Å². The number of hydrogen-bond acceptors (Lipinski definition) is 6. The Morgan fingerprint density at radius 3 is 2.24 bits per heavy atom. The first-order valence-electron chi connectivity index (χ1n) is 9.21. The van der Waals surface area contributed by atoms with Gasteiger partial charge in [0.15, 0.2) is 0 Å². The van der Waals surface area contributed by atoms with Gasteiger partial charge >= 0.3 is 5.97 Å². The van der Waals surface area contributed by atoms with Crippen molar-refractivity contribution in [1.29, 1.82) is 5.26 Å². The van der Waals surface area contributed by atoms with Crippen molar-refractivity contribution >= 4 is 21.7 Å². The molecule has 0 bridgehead atoms. The Morgan fingerprint density at radius 2 is 1.72 bits per heavy atom. The number of amides is 1. The second kappa shape index (κ2) is 9.70. The van der Waals surface area contributed by atoms with Crippen LogP contribution in [0.3, 0.4) is 0 Å². The molecule has 0 spiro atoms. The monoisotopic (exact) mass is 420 g/mol. The fourth-order valence-corrected chi connectivity index (χ4v) is 3.35. The molecule has 7 nitrogen and oxygen atoms in total. The van der Waals surface area contributed by atoms with Gasteiger partial charge in [-0.05, 0) is 58.7 Å². The molecule has 0 aliphatic heterocycles. The van der Waals surface area contributed by atoms with E-state index in [2.05, 4.69) is 5.32 Å². The van der Waals surface area contributed by atoms with Crippen molar-refractivity contribution in [1.82, 2.24) is 5.32 Å². The molecule has 0 unspecified atom stereocenters. The minimum absolute atomic E-state index is 0.0429. The Kier molecular flexibility index (Phi) is 8.15. The van der Waals surface area contributed by atoms with Gasteiger partial charge in [-0.15, -0.1) is 0 Å². The molecular weight excluding hydrogens is 392 g/mol. The fourth-order valence-electron chi connectivity index (χ4n) is 2.44. The molecule has 1 rings (SSSR count). The number of nitrogens with one attached hydrogen (secondary N) is 1. The molecule has 1 N–H and O–H groups in total. The molecule has 0 saturated heterocycles. The minimum Gasteiger partial charge on any atom is -0.460 e. The van der Waals surface area contributed by atoms with Crippen LogP contribution < -0.4 is 5.32 Å². The number of rotatable bonds is 8. The summed E-state index contributed by atoms with van der Waals surface area (Å²) in [5.41, 5.74) is -0.784. The van der Waals surface area contributed by atoms with E-state index < -0.39 is 20.9 Å². The first-order valence-corrected chi connectivity index (χ1v) is 10.8. The van der Waals surface area contributed by atoms with Gasteiger partial charge in [0.1, 0.15) is 5.60 Å². The third-order valence-electron chi connectivity index (χ3n) is 4.06. The Bertz CT molecular complexity index is 902. The number of sulfone groups is 1. The van der Waals surface area contributed by atoms with Crippen molar-refractivity contribution in [3.8, 4) is 6.07 Å². The third-order valence-corrected chi connectivity index (χ3v) is 5.48. The highest BCUT2D eigenvalue weighted by Crippen LogP contribution is 2.25. The van der Waals surface area contributed by atoms with Gasteiger partial charge in [0, 0.05) is 24.4 Å². The zero-order valence-electron chi connectivity index (χ0n) is 17.5. The van der Waals surface area contributed by atoms with Crippen molar-refractivity contribution in [2.75, 3.05) is 6.54 Å². The zero-order chi connectivity index (χ0) is 22.3. The number of esters is 1. The first kappa shape index (κ1) is 24.4. The molecule has 1 aromatic rings. The van der Waals surface area contributed by atoms with E-state index in [-0.39, 0.29) is 23.2 Å². The van der Waals surface area contributed by atoms with Gasteiger partial charge in [-0.25, -0.2) is 8.42 Å². The molecule has 8 heteroatoms. The summed E-state index contributed by atoms with van der Waals surface area (Å²) >= 11 is 0. The number of carbonyl (C=O) groups excluding carboxylic acids is 2. The second-order valence-electron chi connectivity index (χ2n) is 8.07. The lowest BCUT2D eigenvalue weighted by atomic mass is 9.84. The van der Waals surface area contributed by atoms with Crippen molar-refractivity contribution in [3.63, 3.8) is 0 Å². The summed E-state index contributed by atoms with van der Waals surface area (Å²) in [6.07, 6.45) is 1.57. The topological polar surface area (TPSA) is 113 Å². The number of nitriles is 1. The average molecular weight is 421 g/mol. The number of allylic oxidation sites excluding steroid dienone is 1. The van der Waals surface area contributed by atoms with Crippen LogP contribution in [0.1, 0.15) is 53.0 Å². The molecule has 29 heavy (non-hydrogen) atoms. The predicted octanol–water partition coefficient (Wildman–Crippen LogP) is 3.01. The number of carbonyl (C=O) groups is 2. The minimum atomic E-state index is -3.69. The van der Waals surface area contributed by atoms with Crippen molar-refractivity contribution < 1.29 is 22.7 Å². The largest absolute Gasteiger partial charge is 0.460 e. The maximum absolute atomic E-state index is 12.6. The van der Waals surface area contributed by atoms with Crippen LogP contribution in [0.5, 0.6) is 0 Å². The molecule has 158 valence electrons. The Balaban J connectivity index is 2.69. The lowest BCUT2D eigenvalue weighted by Gasteiger charge is -2.24. The van der Waals surface area contributed by atoms with Crippen LogP contribution in [0.2, 0.25) is 0 Å². The van der Waals surface area contributed by atoms with E-state index in [1.54, 1.807) is 52.8 Å². The predicted molar refractivity (Wildman–Crippen MR) is 109 cm³/mol. The van der Waals surface area contributed by atoms with Crippen molar-refractivity contribution in [2.45, 2.75) is 63.4 Å². The summed E-state index contributed by atoms with van der Waals surface area (Å²) in [4.78, 5) is 24.3. The van der Waals surface area contributed by atoms with Crippen molar-refractivity contribution in [3.05, 3.63) is 41.3 Å². The van der Waals surface area contributed by atoms with Crippen LogP contribution >= 0.6 is 0 Å². The molecule has 0 aromatic heterocycles. The van der Waals surface area contributed by atoms with E-state index in [1.807, 2.05) is 0 Å². The van der Waals surface area contributed by atoms with Gasteiger partial charge in [-0.2, -0.15) is 5.26 Å². The highest BCUT2D eigenvalue weighted by atomic mass is 32.2. The normalized spacial score (nSPS) is 12.4. The van der Waals surface area contributed by atoms with E-state index in [4.69, 9.17) is 10.00 Å². The van der Waals surface area contributed by atoms with Crippen LogP contribution in [-0.2, 0) is 29.6 Å². The summed E-state index contributed by atoms with van der Waals surface area (Å²) in [5.74, 6) is -0.546. The molecule has 1 aromatic carbocycles. The fraction of sp³-hybridized carbons (Fsp3) is 0.476. The summed E-state index contributed by atoms with van der Waals surface area (Å²) in [5, 5.41) is 12.1. The number of hydrogen-bond donors (Lipinski definition) is 1. The van der Waals surface area contributed by atoms with E-state index in [0.717, 1.165) is 11.5 Å². The van der Waals surface area contributed by atoms with Gasteiger partial charge < -0.3 is 10.1 Å². The van der Waals surface area contributed by atoms with Crippen LogP contribution in [0.25, 0.3) is 0 Å². The maximum atomic E-state index is 12.6. The lowest BCUT2D eigenvalue weighted by Crippen LogP contribution is -2.40. The highest BCUT2D eigenvalue weighted by molar-refractivity contribution is 7.94. The summed E-state index contributed by atoms with van der Waals surface area (Å²) < 4.78 is 29.3. The Labute approximate surface area is 172 Å². The van der Waals surface area contributed by atoms with Crippen molar-refractivity contribution in [2.24, 2.45) is 0 Å². The SMILES string of the molecule is CC(C)(C)OC(=O)CCCNC(=O)C(C)(C)c1ccc(S(=O)(=O)/C=C/C#N)cc1. The van der Waals surface area contributed by atoms with E-state index in [1.165, 1.54) is 12.1 Å². The zero-order valence-corrected chi connectivity index (χ0v) is 18.3. The average Bonchev–Trinajstić information content (AvgIpc) is 2.62. The summed E-state index contributed by atoms with van der Waals surface area (Å²) in [7, 11) is -3.69. The third kappa shape index (κ3) is 7.70. The lowest BCUT2D eigenvalue weighted by molar-refractivity contribution is -0.155. The molecule has 0 aliphatic carbocycles. The smallest absolute Gasteiger partial charge is 0.306 e. The van der Waals surface area contributed by atoms with Crippen LogP contribution in [0.15, 0.2) is 40.6 Å². The molecule has 0 fully saturated rings. The first-order chi connectivity index (χ1) is 13.3. The number of nitrogens with zero attached hydrogens (tertiary/aromatic N) is 1. The van der Waals surface area contributed by atoms with Gasteiger partial charge in [0.2, 0.25) is 15.7 Å². The second-order valence-corrected chi connectivity index (χ2v) is 9.91. The van der Waals surface area contributed by atoms with E-state index in [9.17, 15) is 18.0 Å². The molecule has 0 radical (unpaired) electrons. The van der Waals surface area contributed by atoms with Gasteiger partial charge in [0.25, 0.3) is 0 Å². The van der Waals surface area contributed by atoms with Gasteiger partial charge in [-0.1, -0.05) is 12.1 Å².